The number of nitrogen functional groups attached to an aromatic ring is 1. The average Bonchev–Trinajstić information content (AvgIpc) is 2.37. The number of carbonyl (C=O) groups excluding carboxylic acids is 1. The van der Waals surface area contributed by atoms with Gasteiger partial charge in [0.2, 0.25) is 5.91 Å². The number of hydrogen-bond acceptors (Lipinski definition) is 4. The molecule has 0 atom stereocenters. The van der Waals surface area contributed by atoms with Crippen LogP contribution in [0.3, 0.4) is 0 Å². The van der Waals surface area contributed by atoms with Gasteiger partial charge in [-0.25, -0.2) is 0 Å². The Labute approximate surface area is 112 Å². The molecule has 0 bridgehead atoms. The minimum Gasteiger partial charge on any atom is -0.497 e. The SMILES string of the molecule is CCCCSCC(=O)Nc1ccc(OC)cc1N. The molecule has 0 aliphatic rings. The van der Waals surface area contributed by atoms with Crippen LogP contribution in [0.25, 0.3) is 0 Å². The van der Waals surface area contributed by atoms with E-state index in [9.17, 15) is 4.79 Å². The Morgan fingerprint density at radius 3 is 2.89 bits per heavy atom. The summed E-state index contributed by atoms with van der Waals surface area (Å²) in [6, 6.07) is 5.22. The molecule has 0 saturated carbocycles. The van der Waals surface area contributed by atoms with E-state index in [0.29, 0.717) is 22.9 Å². The lowest BCUT2D eigenvalue weighted by molar-refractivity contribution is -0.113. The molecular formula is C13H20N2O2S. The highest BCUT2D eigenvalue weighted by Gasteiger charge is 2.06. The Morgan fingerprint density at radius 1 is 1.50 bits per heavy atom. The van der Waals surface area contributed by atoms with Crippen molar-refractivity contribution in [2.24, 2.45) is 0 Å². The zero-order valence-corrected chi connectivity index (χ0v) is 11.7. The number of nitrogens with one attached hydrogen (secondary N) is 1. The highest BCUT2D eigenvalue weighted by Crippen LogP contribution is 2.24. The van der Waals surface area contributed by atoms with Crippen molar-refractivity contribution in [3.05, 3.63) is 18.2 Å². The van der Waals surface area contributed by atoms with Gasteiger partial charge in [0.15, 0.2) is 0 Å². The molecule has 0 heterocycles. The van der Waals surface area contributed by atoms with E-state index < -0.39 is 0 Å². The highest BCUT2D eigenvalue weighted by atomic mass is 32.2. The van der Waals surface area contributed by atoms with Gasteiger partial charge in [0.1, 0.15) is 5.75 Å². The van der Waals surface area contributed by atoms with E-state index >= 15 is 0 Å². The molecule has 18 heavy (non-hydrogen) atoms. The molecule has 1 aromatic rings. The van der Waals surface area contributed by atoms with Crippen LogP contribution in [-0.4, -0.2) is 24.5 Å². The second kappa shape index (κ2) is 7.87. The molecule has 0 fully saturated rings. The Bertz CT molecular complexity index is 397. The molecule has 100 valence electrons. The summed E-state index contributed by atoms with van der Waals surface area (Å²) in [5.41, 5.74) is 6.97. The third kappa shape index (κ3) is 4.87. The van der Waals surface area contributed by atoms with Crippen molar-refractivity contribution in [3.63, 3.8) is 0 Å². The van der Waals surface area contributed by atoms with Crippen LogP contribution < -0.4 is 15.8 Å². The molecule has 0 aliphatic carbocycles. The number of ether oxygens (including phenoxy) is 1. The van der Waals surface area contributed by atoms with Gasteiger partial charge in [0.25, 0.3) is 0 Å². The second-order valence-corrected chi connectivity index (χ2v) is 5.01. The van der Waals surface area contributed by atoms with Crippen LogP contribution in [0.4, 0.5) is 11.4 Å². The summed E-state index contributed by atoms with van der Waals surface area (Å²) >= 11 is 1.64. The number of amides is 1. The zero-order valence-electron chi connectivity index (χ0n) is 10.9. The average molecular weight is 268 g/mol. The normalized spacial score (nSPS) is 10.1. The van der Waals surface area contributed by atoms with Crippen molar-refractivity contribution >= 4 is 29.0 Å². The number of hydrogen-bond donors (Lipinski definition) is 2. The molecule has 0 saturated heterocycles. The number of benzene rings is 1. The van der Waals surface area contributed by atoms with Gasteiger partial charge >= 0.3 is 0 Å². The number of rotatable bonds is 7. The second-order valence-electron chi connectivity index (χ2n) is 3.91. The van der Waals surface area contributed by atoms with E-state index in [0.717, 1.165) is 18.6 Å². The lowest BCUT2D eigenvalue weighted by Gasteiger charge is -2.09. The first-order valence-corrected chi connectivity index (χ1v) is 7.14. The molecule has 1 aromatic carbocycles. The largest absolute Gasteiger partial charge is 0.497 e. The number of nitrogens with two attached hydrogens (primary N) is 1. The van der Waals surface area contributed by atoms with Gasteiger partial charge in [0.05, 0.1) is 24.2 Å². The third-order valence-corrected chi connectivity index (χ3v) is 3.45. The van der Waals surface area contributed by atoms with Crippen molar-refractivity contribution < 1.29 is 9.53 Å². The van der Waals surface area contributed by atoms with Crippen LogP contribution in [-0.2, 0) is 4.79 Å². The maximum absolute atomic E-state index is 11.7. The predicted molar refractivity (Wildman–Crippen MR) is 78.3 cm³/mol. The summed E-state index contributed by atoms with van der Waals surface area (Å²) in [6.07, 6.45) is 2.29. The first kappa shape index (κ1) is 14.7. The van der Waals surface area contributed by atoms with Gasteiger partial charge in [-0.3, -0.25) is 4.79 Å². The quantitative estimate of drug-likeness (QED) is 0.589. The van der Waals surface area contributed by atoms with Gasteiger partial charge in [-0.15, -0.1) is 0 Å². The topological polar surface area (TPSA) is 64.3 Å². The lowest BCUT2D eigenvalue weighted by atomic mass is 10.2. The molecule has 1 amide bonds. The zero-order chi connectivity index (χ0) is 13.4. The standard InChI is InChI=1S/C13H20N2O2S/c1-3-4-7-18-9-13(16)15-12-6-5-10(17-2)8-11(12)14/h5-6,8H,3-4,7,9,14H2,1-2H3,(H,15,16). The van der Waals surface area contributed by atoms with Gasteiger partial charge < -0.3 is 15.8 Å². The first-order valence-electron chi connectivity index (χ1n) is 5.98. The summed E-state index contributed by atoms with van der Waals surface area (Å²) in [5, 5.41) is 2.80. The molecule has 5 heteroatoms. The van der Waals surface area contributed by atoms with Crippen LogP contribution in [0.1, 0.15) is 19.8 Å². The van der Waals surface area contributed by atoms with Crippen LogP contribution in [0.2, 0.25) is 0 Å². The number of unbranched alkanes of at least 4 members (excludes halogenated alkanes) is 1. The maximum Gasteiger partial charge on any atom is 0.234 e. The summed E-state index contributed by atoms with van der Waals surface area (Å²) in [7, 11) is 1.58. The van der Waals surface area contributed by atoms with Crippen molar-refractivity contribution in [1.82, 2.24) is 0 Å². The van der Waals surface area contributed by atoms with Crippen molar-refractivity contribution in [2.45, 2.75) is 19.8 Å². The van der Waals surface area contributed by atoms with E-state index in [1.807, 2.05) is 0 Å². The molecule has 0 spiro atoms. The number of methoxy groups -OCH3 is 1. The smallest absolute Gasteiger partial charge is 0.234 e. The molecule has 0 radical (unpaired) electrons. The van der Waals surface area contributed by atoms with Crippen LogP contribution in [0.5, 0.6) is 5.75 Å². The van der Waals surface area contributed by atoms with Gasteiger partial charge in [-0.2, -0.15) is 11.8 Å². The Hall–Kier alpha value is -1.36. The van der Waals surface area contributed by atoms with E-state index in [2.05, 4.69) is 12.2 Å². The Kier molecular flexibility index (Phi) is 6.43. The number of thioether (sulfide) groups is 1. The summed E-state index contributed by atoms with van der Waals surface area (Å²) in [5.74, 6) is 2.14. The van der Waals surface area contributed by atoms with Crippen molar-refractivity contribution in [1.29, 1.82) is 0 Å². The summed E-state index contributed by atoms with van der Waals surface area (Å²) in [6.45, 7) is 2.14. The molecular weight excluding hydrogens is 248 g/mol. The van der Waals surface area contributed by atoms with E-state index in [4.69, 9.17) is 10.5 Å². The maximum atomic E-state index is 11.7. The number of anilines is 2. The van der Waals surface area contributed by atoms with E-state index in [-0.39, 0.29) is 5.91 Å². The van der Waals surface area contributed by atoms with Crippen molar-refractivity contribution in [2.75, 3.05) is 29.7 Å². The van der Waals surface area contributed by atoms with Gasteiger partial charge in [-0.05, 0) is 24.3 Å². The van der Waals surface area contributed by atoms with Gasteiger partial charge in [0, 0.05) is 6.07 Å². The van der Waals surface area contributed by atoms with Crippen LogP contribution in [0, 0.1) is 0 Å². The molecule has 0 aromatic heterocycles. The van der Waals surface area contributed by atoms with Crippen LogP contribution in [0.15, 0.2) is 18.2 Å². The fraction of sp³-hybridized carbons (Fsp3) is 0.462. The van der Waals surface area contributed by atoms with E-state index in [1.165, 1.54) is 0 Å². The molecule has 3 N–H and O–H groups in total. The van der Waals surface area contributed by atoms with Crippen molar-refractivity contribution in [3.8, 4) is 5.75 Å². The number of carbonyl (C=O) groups is 1. The minimum atomic E-state index is -0.0204. The van der Waals surface area contributed by atoms with Gasteiger partial charge in [-0.1, -0.05) is 13.3 Å². The molecule has 0 unspecified atom stereocenters. The lowest BCUT2D eigenvalue weighted by Crippen LogP contribution is -2.15. The third-order valence-electron chi connectivity index (χ3n) is 2.41. The minimum absolute atomic E-state index is 0.0204. The summed E-state index contributed by atoms with van der Waals surface area (Å²) < 4.78 is 5.05. The Morgan fingerprint density at radius 2 is 2.28 bits per heavy atom. The predicted octanol–water partition coefficient (Wildman–Crippen LogP) is 2.75. The monoisotopic (exact) mass is 268 g/mol. The Balaban J connectivity index is 2.44. The highest BCUT2D eigenvalue weighted by molar-refractivity contribution is 7.99. The first-order chi connectivity index (χ1) is 8.67. The molecule has 1 rings (SSSR count). The molecule has 0 aliphatic heterocycles. The van der Waals surface area contributed by atoms with Crippen LogP contribution >= 0.6 is 11.8 Å². The molecule has 4 nitrogen and oxygen atoms in total. The van der Waals surface area contributed by atoms with E-state index in [1.54, 1.807) is 37.1 Å². The summed E-state index contributed by atoms with van der Waals surface area (Å²) in [4.78, 5) is 11.7. The fourth-order valence-electron chi connectivity index (χ4n) is 1.38. The fourth-order valence-corrected chi connectivity index (χ4v) is 2.27.